The molecule has 1 saturated heterocycles. The summed E-state index contributed by atoms with van der Waals surface area (Å²) in [6, 6.07) is 4.17. The first-order valence-electron chi connectivity index (χ1n) is 7.97. The first-order chi connectivity index (χ1) is 11.1. The minimum Gasteiger partial charge on any atom is -0.351 e. The molecule has 0 saturated carbocycles. The Morgan fingerprint density at radius 1 is 1.52 bits per heavy atom. The van der Waals surface area contributed by atoms with Gasteiger partial charge in [-0.1, -0.05) is 13.0 Å². The average Bonchev–Trinajstić information content (AvgIpc) is 3.08. The quantitative estimate of drug-likeness (QED) is 0.650. The van der Waals surface area contributed by atoms with Gasteiger partial charge in [-0.15, -0.1) is 11.3 Å². The highest BCUT2D eigenvalue weighted by Crippen LogP contribution is 2.21. The van der Waals surface area contributed by atoms with E-state index in [-0.39, 0.29) is 12.5 Å². The standard InChI is InChI=1S/C16H26N4OS2/c1-4-13-12-20(7-9-23-13)16(18-11-15(21)19(2)3)17-10-14-6-5-8-22-14/h5-6,8,13H,4,7,9-12H2,1-3H3,(H,17,18). The van der Waals surface area contributed by atoms with Gasteiger partial charge in [0.25, 0.3) is 0 Å². The fourth-order valence-corrected chi connectivity index (χ4v) is 4.11. The molecule has 5 nitrogen and oxygen atoms in total. The van der Waals surface area contributed by atoms with Gasteiger partial charge in [-0.2, -0.15) is 11.8 Å². The molecule has 0 spiro atoms. The number of thiophene rings is 1. The van der Waals surface area contributed by atoms with Crippen LogP contribution in [-0.4, -0.2) is 66.4 Å². The Morgan fingerprint density at radius 2 is 2.35 bits per heavy atom. The summed E-state index contributed by atoms with van der Waals surface area (Å²) < 4.78 is 0. The monoisotopic (exact) mass is 354 g/mol. The van der Waals surface area contributed by atoms with Crippen LogP contribution in [0.25, 0.3) is 0 Å². The lowest BCUT2D eigenvalue weighted by molar-refractivity contribution is -0.127. The molecule has 7 heteroatoms. The molecule has 1 aromatic heterocycles. The van der Waals surface area contributed by atoms with Gasteiger partial charge in [-0.3, -0.25) is 4.79 Å². The van der Waals surface area contributed by atoms with Crippen molar-refractivity contribution in [3.05, 3.63) is 22.4 Å². The molecule has 1 fully saturated rings. The van der Waals surface area contributed by atoms with Gasteiger partial charge in [0, 0.05) is 43.1 Å². The normalized spacial score (nSPS) is 18.8. The van der Waals surface area contributed by atoms with Crippen molar-refractivity contribution >= 4 is 35.0 Å². The third kappa shape index (κ3) is 5.73. The zero-order valence-corrected chi connectivity index (χ0v) is 15.8. The molecule has 1 unspecified atom stereocenters. The summed E-state index contributed by atoms with van der Waals surface area (Å²) in [5, 5.41) is 6.16. The Kier molecular flexibility index (Phi) is 7.23. The van der Waals surface area contributed by atoms with Gasteiger partial charge in [0.05, 0.1) is 6.54 Å². The third-order valence-electron chi connectivity index (χ3n) is 3.76. The van der Waals surface area contributed by atoms with E-state index in [0.717, 1.165) is 37.8 Å². The summed E-state index contributed by atoms with van der Waals surface area (Å²) in [7, 11) is 3.53. The molecule has 1 aliphatic heterocycles. The number of likely N-dealkylation sites (N-methyl/N-ethyl adjacent to an activating group) is 1. The first kappa shape index (κ1) is 18.1. The molecule has 2 rings (SSSR count). The number of carbonyl (C=O) groups excluding carboxylic acids is 1. The molecule has 0 aromatic carbocycles. The summed E-state index contributed by atoms with van der Waals surface area (Å²) in [5.74, 6) is 1.99. The fourth-order valence-electron chi connectivity index (χ4n) is 2.29. The Balaban J connectivity index is 2.03. The van der Waals surface area contributed by atoms with E-state index >= 15 is 0 Å². The van der Waals surface area contributed by atoms with E-state index in [1.165, 1.54) is 4.88 Å². The molecule has 0 aliphatic carbocycles. The van der Waals surface area contributed by atoms with Crippen LogP contribution in [0.15, 0.2) is 22.5 Å². The van der Waals surface area contributed by atoms with Crippen molar-refractivity contribution in [1.29, 1.82) is 0 Å². The second-order valence-corrected chi connectivity index (χ2v) is 8.15. The number of hydrogen-bond donors (Lipinski definition) is 1. The van der Waals surface area contributed by atoms with Crippen LogP contribution < -0.4 is 5.32 Å². The summed E-state index contributed by atoms with van der Waals surface area (Å²) in [5.41, 5.74) is 0. The number of amides is 1. The number of hydrogen-bond acceptors (Lipinski definition) is 4. The van der Waals surface area contributed by atoms with E-state index < -0.39 is 0 Å². The van der Waals surface area contributed by atoms with Crippen LogP contribution in [0.2, 0.25) is 0 Å². The molecule has 0 radical (unpaired) electrons. The minimum atomic E-state index is 0.0267. The Morgan fingerprint density at radius 3 is 3.00 bits per heavy atom. The maximum Gasteiger partial charge on any atom is 0.243 e. The molecule has 0 bridgehead atoms. The van der Waals surface area contributed by atoms with E-state index in [0.29, 0.717) is 5.25 Å². The van der Waals surface area contributed by atoms with Crippen LogP contribution in [0.4, 0.5) is 0 Å². The average molecular weight is 355 g/mol. The maximum atomic E-state index is 11.9. The Labute approximate surface area is 147 Å². The molecular formula is C16H26N4OS2. The number of rotatable bonds is 5. The molecule has 1 atom stereocenters. The van der Waals surface area contributed by atoms with Crippen LogP contribution in [0.5, 0.6) is 0 Å². The number of guanidine groups is 1. The number of aliphatic imine (C=N–C) groups is 1. The van der Waals surface area contributed by atoms with Crippen molar-refractivity contribution in [1.82, 2.24) is 15.1 Å². The molecule has 128 valence electrons. The summed E-state index contributed by atoms with van der Waals surface area (Å²) >= 11 is 3.76. The summed E-state index contributed by atoms with van der Waals surface area (Å²) in [6.07, 6.45) is 1.16. The van der Waals surface area contributed by atoms with Crippen LogP contribution >= 0.6 is 23.1 Å². The lowest BCUT2D eigenvalue weighted by Gasteiger charge is -2.34. The van der Waals surface area contributed by atoms with E-state index in [4.69, 9.17) is 0 Å². The van der Waals surface area contributed by atoms with Crippen molar-refractivity contribution in [2.45, 2.75) is 25.1 Å². The van der Waals surface area contributed by atoms with E-state index in [9.17, 15) is 4.79 Å². The van der Waals surface area contributed by atoms with Crippen molar-refractivity contribution in [2.75, 3.05) is 39.5 Å². The van der Waals surface area contributed by atoms with Gasteiger partial charge in [-0.05, 0) is 17.9 Å². The van der Waals surface area contributed by atoms with Crippen molar-refractivity contribution in [3.63, 3.8) is 0 Å². The molecule has 1 amide bonds. The van der Waals surface area contributed by atoms with Crippen LogP contribution in [0.1, 0.15) is 18.2 Å². The molecule has 1 N–H and O–H groups in total. The lowest BCUT2D eigenvalue weighted by Crippen LogP contribution is -2.48. The Bertz CT molecular complexity index is 516. The first-order valence-corrected chi connectivity index (χ1v) is 9.90. The summed E-state index contributed by atoms with van der Waals surface area (Å²) in [4.78, 5) is 21.6. The predicted octanol–water partition coefficient (Wildman–Crippen LogP) is 2.11. The highest BCUT2D eigenvalue weighted by atomic mass is 32.2. The van der Waals surface area contributed by atoms with Gasteiger partial charge >= 0.3 is 0 Å². The van der Waals surface area contributed by atoms with Crippen LogP contribution in [-0.2, 0) is 11.3 Å². The van der Waals surface area contributed by atoms with Gasteiger partial charge in [0.15, 0.2) is 5.96 Å². The zero-order chi connectivity index (χ0) is 16.7. The SMILES string of the molecule is CCC1CN(C(=NCC(=O)N(C)C)NCc2cccs2)CCS1. The van der Waals surface area contributed by atoms with E-state index in [2.05, 4.69) is 39.6 Å². The molecule has 1 aliphatic rings. The van der Waals surface area contributed by atoms with Gasteiger partial charge in [0.1, 0.15) is 6.54 Å². The Hall–Kier alpha value is -1.21. The van der Waals surface area contributed by atoms with E-state index in [1.807, 2.05) is 11.8 Å². The number of carbonyl (C=O) groups is 1. The van der Waals surface area contributed by atoms with Crippen molar-refractivity contribution < 1.29 is 4.79 Å². The van der Waals surface area contributed by atoms with Gasteiger partial charge < -0.3 is 15.1 Å². The third-order valence-corrected chi connectivity index (χ3v) is 6.01. The topological polar surface area (TPSA) is 47.9 Å². The van der Waals surface area contributed by atoms with Crippen molar-refractivity contribution in [3.8, 4) is 0 Å². The number of thioether (sulfide) groups is 1. The second-order valence-electron chi connectivity index (χ2n) is 5.71. The summed E-state index contributed by atoms with van der Waals surface area (Å²) in [6.45, 7) is 5.15. The highest BCUT2D eigenvalue weighted by molar-refractivity contribution is 8.00. The van der Waals surface area contributed by atoms with Gasteiger partial charge in [0.2, 0.25) is 5.91 Å². The second kappa shape index (κ2) is 9.17. The van der Waals surface area contributed by atoms with Crippen LogP contribution in [0.3, 0.4) is 0 Å². The van der Waals surface area contributed by atoms with Crippen LogP contribution in [0, 0.1) is 0 Å². The van der Waals surface area contributed by atoms with Gasteiger partial charge in [-0.25, -0.2) is 4.99 Å². The maximum absolute atomic E-state index is 11.9. The minimum absolute atomic E-state index is 0.0267. The highest BCUT2D eigenvalue weighted by Gasteiger charge is 2.22. The smallest absolute Gasteiger partial charge is 0.243 e. The lowest BCUT2D eigenvalue weighted by atomic mass is 10.3. The molecular weight excluding hydrogens is 328 g/mol. The molecule has 23 heavy (non-hydrogen) atoms. The van der Waals surface area contributed by atoms with E-state index in [1.54, 1.807) is 30.3 Å². The predicted molar refractivity (Wildman–Crippen MR) is 100 cm³/mol. The number of nitrogens with one attached hydrogen (secondary N) is 1. The van der Waals surface area contributed by atoms with Crippen molar-refractivity contribution in [2.24, 2.45) is 4.99 Å². The zero-order valence-electron chi connectivity index (χ0n) is 14.1. The largest absolute Gasteiger partial charge is 0.351 e. The molecule has 2 heterocycles. The molecule has 1 aromatic rings. The number of nitrogens with zero attached hydrogens (tertiary/aromatic N) is 3. The fraction of sp³-hybridized carbons (Fsp3) is 0.625.